The fourth-order valence-electron chi connectivity index (χ4n) is 7.80. The van der Waals surface area contributed by atoms with Gasteiger partial charge in [0, 0.05) is 42.5 Å². The zero-order valence-corrected chi connectivity index (χ0v) is 22.0. The highest BCUT2D eigenvalue weighted by Crippen LogP contribution is 2.68. The van der Waals surface area contributed by atoms with Gasteiger partial charge in [-0.2, -0.15) is 0 Å². The van der Waals surface area contributed by atoms with Crippen LogP contribution in [0.15, 0.2) is 35.8 Å². The van der Waals surface area contributed by atoms with Crippen LogP contribution < -0.4 is 5.56 Å². The van der Waals surface area contributed by atoms with E-state index in [9.17, 15) is 19.5 Å². The highest BCUT2D eigenvalue weighted by atomic mass is 16.5. The van der Waals surface area contributed by atoms with Gasteiger partial charge in [0.05, 0.1) is 6.10 Å². The molecular formula is C29H41NO6. The van der Waals surface area contributed by atoms with Crippen LogP contribution in [0.5, 0.6) is 0 Å². The van der Waals surface area contributed by atoms with Crippen molar-refractivity contribution in [2.24, 2.45) is 34.0 Å². The molecule has 0 aromatic carbocycles. The molecule has 2 unspecified atom stereocenters. The molecule has 7 heteroatoms. The van der Waals surface area contributed by atoms with Crippen molar-refractivity contribution in [3.05, 3.63) is 46.9 Å². The highest BCUT2D eigenvalue weighted by Gasteiger charge is 2.68. The second kappa shape index (κ2) is 9.56. The van der Waals surface area contributed by atoms with E-state index in [-0.39, 0.29) is 41.1 Å². The molecular weight excluding hydrogens is 458 g/mol. The standard InChI is InChI=1S/C29H41NO6/c1-6-27(4)17-22(36-26(35)20-9-7-14-30(25(20)34)15-8-16-31)28(5)18(2)10-12-29(19(3)24(27)33)13-11-21(32)23(28)29/h6-7,9,14,18-19,22-24,31,33H,1,8,10-13,15-17H2,2-5H3/t18?,19-,22+,23?,24-,27+,28-,29-/m0/s1. The Labute approximate surface area is 213 Å². The molecule has 4 rings (SSSR count). The van der Waals surface area contributed by atoms with Gasteiger partial charge in [-0.25, -0.2) is 4.79 Å². The number of pyridine rings is 1. The van der Waals surface area contributed by atoms with E-state index >= 15 is 0 Å². The summed E-state index contributed by atoms with van der Waals surface area (Å²) in [5, 5.41) is 20.8. The third-order valence-electron chi connectivity index (χ3n) is 10.3. The number of carbonyl (C=O) groups is 2. The van der Waals surface area contributed by atoms with Gasteiger partial charge in [-0.3, -0.25) is 9.59 Å². The molecule has 0 spiro atoms. The normalized spacial score (nSPS) is 40.2. The summed E-state index contributed by atoms with van der Waals surface area (Å²) in [4.78, 5) is 40.0. The largest absolute Gasteiger partial charge is 0.458 e. The van der Waals surface area contributed by atoms with Crippen LogP contribution in [-0.4, -0.2) is 45.3 Å². The zero-order chi connectivity index (χ0) is 26.5. The summed E-state index contributed by atoms with van der Waals surface area (Å²) >= 11 is 0. The van der Waals surface area contributed by atoms with Crippen molar-refractivity contribution >= 4 is 11.8 Å². The maximum atomic E-state index is 13.5. The van der Waals surface area contributed by atoms with E-state index in [0.717, 1.165) is 19.3 Å². The summed E-state index contributed by atoms with van der Waals surface area (Å²) in [6.07, 6.45) is 5.61. The minimum atomic E-state index is -0.741. The Bertz CT molecular complexity index is 1100. The Morgan fingerprint density at radius 1 is 1.28 bits per heavy atom. The summed E-state index contributed by atoms with van der Waals surface area (Å²) in [5.74, 6) is -0.829. The lowest BCUT2D eigenvalue weighted by atomic mass is 9.44. The number of Topliss-reactive ketones (excluding diaryl/α,β-unsaturated/α-hetero) is 1. The van der Waals surface area contributed by atoms with E-state index in [1.54, 1.807) is 18.3 Å². The third-order valence-corrected chi connectivity index (χ3v) is 10.3. The Hall–Kier alpha value is -2.25. The third kappa shape index (κ3) is 3.90. The van der Waals surface area contributed by atoms with E-state index in [0.29, 0.717) is 25.8 Å². The summed E-state index contributed by atoms with van der Waals surface area (Å²) in [6.45, 7) is 12.5. The van der Waals surface area contributed by atoms with Crippen molar-refractivity contribution < 1.29 is 24.5 Å². The number of rotatable bonds is 6. The molecule has 1 heterocycles. The number of aryl methyl sites for hydroxylation is 1. The van der Waals surface area contributed by atoms with Crippen LogP contribution in [0.1, 0.15) is 76.6 Å². The van der Waals surface area contributed by atoms with Crippen LogP contribution in [-0.2, 0) is 16.1 Å². The number of esters is 1. The van der Waals surface area contributed by atoms with E-state index < -0.39 is 34.6 Å². The first-order valence-electron chi connectivity index (χ1n) is 13.3. The molecule has 0 radical (unpaired) electrons. The van der Waals surface area contributed by atoms with Crippen molar-refractivity contribution in [1.29, 1.82) is 0 Å². The van der Waals surface area contributed by atoms with Gasteiger partial charge < -0.3 is 19.5 Å². The smallest absolute Gasteiger partial charge is 0.344 e. The van der Waals surface area contributed by atoms with Crippen molar-refractivity contribution in [2.45, 2.75) is 85.0 Å². The van der Waals surface area contributed by atoms with E-state index in [1.165, 1.54) is 10.6 Å². The molecule has 1 aromatic rings. The predicted octanol–water partition coefficient (Wildman–Crippen LogP) is 3.75. The lowest BCUT2D eigenvalue weighted by Crippen LogP contribution is -2.63. The van der Waals surface area contributed by atoms with E-state index in [2.05, 4.69) is 27.4 Å². The number of ketones is 1. The van der Waals surface area contributed by atoms with Crippen molar-refractivity contribution in [3.63, 3.8) is 0 Å². The molecule has 0 saturated heterocycles. The number of nitrogens with zero attached hydrogens (tertiary/aromatic N) is 1. The first-order chi connectivity index (χ1) is 17.0. The number of ether oxygens (including phenoxy) is 1. The van der Waals surface area contributed by atoms with Gasteiger partial charge in [0.1, 0.15) is 17.5 Å². The van der Waals surface area contributed by atoms with Crippen LogP contribution >= 0.6 is 0 Å². The number of hydrogen-bond acceptors (Lipinski definition) is 6. The summed E-state index contributed by atoms with van der Waals surface area (Å²) in [6, 6.07) is 3.09. The second-order valence-corrected chi connectivity index (χ2v) is 12.0. The average molecular weight is 500 g/mol. The Morgan fingerprint density at radius 3 is 2.67 bits per heavy atom. The summed E-state index contributed by atoms with van der Waals surface area (Å²) in [5.41, 5.74) is -2.25. The molecule has 8 atom stereocenters. The summed E-state index contributed by atoms with van der Waals surface area (Å²) in [7, 11) is 0. The van der Waals surface area contributed by atoms with Crippen LogP contribution in [0.25, 0.3) is 0 Å². The highest BCUT2D eigenvalue weighted by molar-refractivity contribution is 5.89. The predicted molar refractivity (Wildman–Crippen MR) is 136 cm³/mol. The van der Waals surface area contributed by atoms with Gasteiger partial charge in [-0.05, 0) is 61.5 Å². The fraction of sp³-hybridized carbons (Fsp3) is 0.690. The Balaban J connectivity index is 1.80. The molecule has 0 aliphatic heterocycles. The Kier molecular flexibility index (Phi) is 7.12. The number of aliphatic hydroxyl groups is 2. The topological polar surface area (TPSA) is 106 Å². The monoisotopic (exact) mass is 499 g/mol. The average Bonchev–Trinajstić information content (AvgIpc) is 3.21. The molecule has 198 valence electrons. The van der Waals surface area contributed by atoms with Crippen molar-refractivity contribution in [2.75, 3.05) is 6.61 Å². The minimum Gasteiger partial charge on any atom is -0.458 e. The van der Waals surface area contributed by atoms with Gasteiger partial charge in [0.2, 0.25) is 0 Å². The summed E-state index contributed by atoms with van der Waals surface area (Å²) < 4.78 is 7.64. The number of aromatic nitrogens is 1. The molecule has 0 amide bonds. The van der Waals surface area contributed by atoms with Gasteiger partial charge >= 0.3 is 5.97 Å². The maximum Gasteiger partial charge on any atom is 0.344 e. The molecule has 1 aromatic heterocycles. The quantitative estimate of drug-likeness (QED) is 0.456. The minimum absolute atomic E-state index is 0.0581. The molecule has 7 nitrogen and oxygen atoms in total. The van der Waals surface area contributed by atoms with Gasteiger partial charge in [0.15, 0.2) is 0 Å². The molecule has 2 bridgehead atoms. The zero-order valence-electron chi connectivity index (χ0n) is 22.0. The Morgan fingerprint density at radius 2 is 2.00 bits per heavy atom. The molecule has 2 N–H and O–H groups in total. The molecule has 3 saturated carbocycles. The first-order valence-corrected chi connectivity index (χ1v) is 13.3. The maximum absolute atomic E-state index is 13.5. The number of hydrogen-bond donors (Lipinski definition) is 2. The van der Waals surface area contributed by atoms with Crippen molar-refractivity contribution in [3.8, 4) is 0 Å². The number of carbonyl (C=O) groups excluding carboxylic acids is 2. The van der Waals surface area contributed by atoms with Crippen LogP contribution in [0.2, 0.25) is 0 Å². The fourth-order valence-corrected chi connectivity index (χ4v) is 7.80. The molecule has 3 aliphatic rings. The second-order valence-electron chi connectivity index (χ2n) is 12.0. The van der Waals surface area contributed by atoms with Crippen LogP contribution in [0, 0.1) is 34.0 Å². The molecule has 3 fully saturated rings. The van der Waals surface area contributed by atoms with Crippen molar-refractivity contribution in [1.82, 2.24) is 4.57 Å². The van der Waals surface area contributed by atoms with Gasteiger partial charge in [-0.1, -0.05) is 33.8 Å². The SMILES string of the molecule is C=C[C@]1(C)C[C@@H](OC(=O)c2cccn(CCCO)c2=O)[C@]2(C)C(C)CC[C@]3(CCC(=O)C32)[C@@H](C)[C@@H]1O. The van der Waals surface area contributed by atoms with E-state index in [4.69, 9.17) is 9.84 Å². The van der Waals surface area contributed by atoms with Gasteiger partial charge in [-0.15, -0.1) is 6.58 Å². The number of aliphatic hydroxyl groups excluding tert-OH is 2. The van der Waals surface area contributed by atoms with Crippen LogP contribution in [0.4, 0.5) is 0 Å². The first kappa shape index (κ1) is 26.8. The lowest BCUT2D eigenvalue weighted by molar-refractivity contribution is -0.192. The lowest BCUT2D eigenvalue weighted by Gasteiger charge is -2.61. The molecule has 3 aliphatic carbocycles. The van der Waals surface area contributed by atoms with E-state index in [1.807, 2.05) is 6.92 Å². The van der Waals surface area contributed by atoms with Gasteiger partial charge in [0.25, 0.3) is 5.56 Å². The molecule has 36 heavy (non-hydrogen) atoms. The van der Waals surface area contributed by atoms with Crippen LogP contribution in [0.3, 0.4) is 0 Å².